The number of hydrogen-bond donors (Lipinski definition) is 1. The summed E-state index contributed by atoms with van der Waals surface area (Å²) in [4.78, 5) is 14.4. The van der Waals surface area contributed by atoms with E-state index in [0.717, 1.165) is 17.7 Å². The number of carbonyl (C=O) groups is 1. The Labute approximate surface area is 123 Å². The predicted octanol–water partition coefficient (Wildman–Crippen LogP) is 2.09. The van der Waals surface area contributed by atoms with Crippen molar-refractivity contribution in [1.82, 2.24) is 0 Å². The van der Waals surface area contributed by atoms with E-state index in [2.05, 4.69) is 6.07 Å². The number of nitriles is 1. The predicted molar refractivity (Wildman–Crippen MR) is 81.0 cm³/mol. The number of amides is 1. The van der Waals surface area contributed by atoms with Gasteiger partial charge in [-0.1, -0.05) is 18.2 Å². The number of fused-ring (bicyclic) bond motifs is 1. The van der Waals surface area contributed by atoms with E-state index in [-0.39, 0.29) is 11.9 Å². The van der Waals surface area contributed by atoms with Crippen LogP contribution in [-0.2, 0) is 6.42 Å². The number of benzene rings is 2. The number of para-hydroxylation sites is 1. The van der Waals surface area contributed by atoms with Crippen LogP contribution in [0.4, 0.5) is 5.69 Å². The molecule has 0 bridgehead atoms. The fourth-order valence-electron chi connectivity index (χ4n) is 2.66. The van der Waals surface area contributed by atoms with Crippen molar-refractivity contribution >= 4 is 11.6 Å². The largest absolute Gasteiger partial charge is 0.326 e. The summed E-state index contributed by atoms with van der Waals surface area (Å²) < 4.78 is 0. The lowest BCUT2D eigenvalue weighted by Gasteiger charge is -2.33. The van der Waals surface area contributed by atoms with Crippen LogP contribution in [0, 0.1) is 11.3 Å². The molecule has 4 heteroatoms. The molecule has 0 fully saturated rings. The van der Waals surface area contributed by atoms with E-state index in [0.29, 0.717) is 17.7 Å². The third kappa shape index (κ3) is 2.51. The molecule has 2 aromatic carbocycles. The van der Waals surface area contributed by atoms with Gasteiger partial charge in [-0.05, 0) is 42.3 Å². The number of rotatable bonds is 1. The quantitative estimate of drug-likeness (QED) is 0.867. The summed E-state index contributed by atoms with van der Waals surface area (Å²) in [5.41, 5.74) is 9.20. The van der Waals surface area contributed by atoms with Crippen LogP contribution in [0.2, 0.25) is 0 Å². The normalized spacial score (nSPS) is 17.0. The number of carbonyl (C=O) groups excluding carboxylic acids is 1. The standard InChI is InChI=1S/C17H15N3O/c18-10-12-5-7-13(8-6-12)17(21)20-11-15(19)9-14-3-1-2-4-16(14)20/h1-8,15H,9,11,19H2. The van der Waals surface area contributed by atoms with Crippen molar-refractivity contribution < 1.29 is 4.79 Å². The first-order chi connectivity index (χ1) is 10.2. The van der Waals surface area contributed by atoms with Crippen LogP contribution in [0.5, 0.6) is 0 Å². The lowest BCUT2D eigenvalue weighted by atomic mass is 9.97. The molecule has 0 saturated heterocycles. The van der Waals surface area contributed by atoms with Crippen LogP contribution in [0.3, 0.4) is 0 Å². The van der Waals surface area contributed by atoms with Crippen molar-refractivity contribution in [2.75, 3.05) is 11.4 Å². The first-order valence-electron chi connectivity index (χ1n) is 6.84. The van der Waals surface area contributed by atoms with Gasteiger partial charge >= 0.3 is 0 Å². The lowest BCUT2D eigenvalue weighted by Crippen LogP contribution is -2.46. The molecular formula is C17H15N3O. The van der Waals surface area contributed by atoms with Gasteiger partial charge in [0.2, 0.25) is 0 Å². The number of anilines is 1. The van der Waals surface area contributed by atoms with Crippen LogP contribution in [-0.4, -0.2) is 18.5 Å². The molecule has 21 heavy (non-hydrogen) atoms. The number of nitrogens with zero attached hydrogens (tertiary/aromatic N) is 2. The molecule has 0 aromatic heterocycles. The molecule has 1 aliphatic heterocycles. The zero-order chi connectivity index (χ0) is 14.8. The second kappa shape index (κ2) is 5.39. The zero-order valence-electron chi connectivity index (χ0n) is 11.5. The van der Waals surface area contributed by atoms with E-state index in [9.17, 15) is 4.79 Å². The monoisotopic (exact) mass is 277 g/mol. The molecule has 0 saturated carbocycles. The zero-order valence-corrected chi connectivity index (χ0v) is 11.5. The van der Waals surface area contributed by atoms with E-state index >= 15 is 0 Å². The smallest absolute Gasteiger partial charge is 0.258 e. The second-order valence-corrected chi connectivity index (χ2v) is 5.20. The third-order valence-electron chi connectivity index (χ3n) is 3.69. The Morgan fingerprint density at radius 2 is 1.90 bits per heavy atom. The molecule has 2 aromatic rings. The highest BCUT2D eigenvalue weighted by Crippen LogP contribution is 2.27. The van der Waals surface area contributed by atoms with Crippen LogP contribution in [0.15, 0.2) is 48.5 Å². The van der Waals surface area contributed by atoms with Crippen molar-refractivity contribution in [3.8, 4) is 6.07 Å². The molecule has 1 amide bonds. The summed E-state index contributed by atoms with van der Waals surface area (Å²) in [7, 11) is 0. The Kier molecular flexibility index (Phi) is 3.43. The molecular weight excluding hydrogens is 262 g/mol. The Hall–Kier alpha value is -2.64. The average molecular weight is 277 g/mol. The van der Waals surface area contributed by atoms with Crippen molar-refractivity contribution in [2.45, 2.75) is 12.5 Å². The van der Waals surface area contributed by atoms with E-state index < -0.39 is 0 Å². The van der Waals surface area contributed by atoms with Gasteiger partial charge in [0.1, 0.15) is 0 Å². The molecule has 0 radical (unpaired) electrons. The van der Waals surface area contributed by atoms with Crippen LogP contribution in [0.1, 0.15) is 21.5 Å². The fourth-order valence-corrected chi connectivity index (χ4v) is 2.66. The van der Waals surface area contributed by atoms with Gasteiger partial charge in [0.05, 0.1) is 11.6 Å². The minimum absolute atomic E-state index is 0.0535. The van der Waals surface area contributed by atoms with Gasteiger partial charge in [-0.2, -0.15) is 5.26 Å². The van der Waals surface area contributed by atoms with Crippen molar-refractivity contribution in [2.24, 2.45) is 5.73 Å². The molecule has 1 aliphatic rings. The number of hydrogen-bond acceptors (Lipinski definition) is 3. The van der Waals surface area contributed by atoms with Gasteiger partial charge in [0, 0.05) is 23.8 Å². The topological polar surface area (TPSA) is 70.1 Å². The highest BCUT2D eigenvalue weighted by molar-refractivity contribution is 6.06. The van der Waals surface area contributed by atoms with Gasteiger partial charge in [-0.25, -0.2) is 0 Å². The summed E-state index contributed by atoms with van der Waals surface area (Å²) in [5.74, 6) is -0.0814. The Morgan fingerprint density at radius 1 is 1.19 bits per heavy atom. The van der Waals surface area contributed by atoms with Gasteiger partial charge < -0.3 is 10.6 Å². The lowest BCUT2D eigenvalue weighted by molar-refractivity contribution is 0.0983. The highest BCUT2D eigenvalue weighted by atomic mass is 16.2. The Bertz CT molecular complexity index is 716. The molecule has 3 rings (SSSR count). The van der Waals surface area contributed by atoms with Crippen molar-refractivity contribution in [1.29, 1.82) is 5.26 Å². The van der Waals surface area contributed by atoms with Gasteiger partial charge in [0.15, 0.2) is 0 Å². The van der Waals surface area contributed by atoms with E-state index in [4.69, 9.17) is 11.0 Å². The summed E-state index contributed by atoms with van der Waals surface area (Å²) in [6, 6.07) is 16.5. The maximum atomic E-state index is 12.7. The van der Waals surface area contributed by atoms with E-state index in [1.165, 1.54) is 0 Å². The summed E-state index contributed by atoms with van der Waals surface area (Å²) in [6.07, 6.45) is 0.785. The molecule has 1 heterocycles. The molecule has 4 nitrogen and oxygen atoms in total. The average Bonchev–Trinajstić information content (AvgIpc) is 2.53. The van der Waals surface area contributed by atoms with Crippen molar-refractivity contribution in [3.63, 3.8) is 0 Å². The van der Waals surface area contributed by atoms with Gasteiger partial charge in [-0.15, -0.1) is 0 Å². The number of nitrogens with two attached hydrogens (primary N) is 1. The first kappa shape index (κ1) is 13.3. The van der Waals surface area contributed by atoms with Crippen LogP contribution >= 0.6 is 0 Å². The first-order valence-corrected chi connectivity index (χ1v) is 6.84. The maximum absolute atomic E-state index is 12.7. The summed E-state index contributed by atoms with van der Waals surface area (Å²) >= 11 is 0. The third-order valence-corrected chi connectivity index (χ3v) is 3.69. The molecule has 0 spiro atoms. The van der Waals surface area contributed by atoms with Crippen LogP contribution in [0.25, 0.3) is 0 Å². The van der Waals surface area contributed by atoms with E-state index in [1.54, 1.807) is 29.2 Å². The summed E-state index contributed by atoms with van der Waals surface area (Å²) in [6.45, 7) is 0.510. The molecule has 104 valence electrons. The Balaban J connectivity index is 1.96. The SMILES string of the molecule is N#Cc1ccc(C(=O)N2CC(N)Cc3ccccc32)cc1. The highest BCUT2D eigenvalue weighted by Gasteiger charge is 2.27. The molecule has 1 atom stereocenters. The Morgan fingerprint density at radius 3 is 2.62 bits per heavy atom. The summed E-state index contributed by atoms with van der Waals surface area (Å²) in [5, 5.41) is 8.82. The second-order valence-electron chi connectivity index (χ2n) is 5.20. The van der Waals surface area contributed by atoms with Gasteiger partial charge in [-0.3, -0.25) is 4.79 Å². The molecule has 0 aliphatic carbocycles. The minimum Gasteiger partial charge on any atom is -0.326 e. The van der Waals surface area contributed by atoms with Gasteiger partial charge in [0.25, 0.3) is 5.91 Å². The molecule has 2 N–H and O–H groups in total. The maximum Gasteiger partial charge on any atom is 0.258 e. The molecule has 1 unspecified atom stereocenters. The van der Waals surface area contributed by atoms with Crippen LogP contribution < -0.4 is 10.6 Å². The fraction of sp³-hybridized carbons (Fsp3) is 0.176. The minimum atomic E-state index is -0.0814. The van der Waals surface area contributed by atoms with E-state index in [1.807, 2.05) is 24.3 Å². The van der Waals surface area contributed by atoms with Crippen molar-refractivity contribution in [3.05, 3.63) is 65.2 Å².